The summed E-state index contributed by atoms with van der Waals surface area (Å²) in [7, 11) is 0. The van der Waals surface area contributed by atoms with Crippen LogP contribution in [-0.4, -0.2) is 68.3 Å². The number of carbonyl (C=O) groups is 4. The number of aromatic nitrogens is 2. The Balaban J connectivity index is 0.967. The Labute approximate surface area is 286 Å². The van der Waals surface area contributed by atoms with Crippen LogP contribution < -0.4 is 0 Å². The van der Waals surface area contributed by atoms with E-state index in [1.807, 2.05) is 103 Å². The molecule has 0 saturated carbocycles. The number of imidazole rings is 1. The molecule has 1 aromatic heterocycles. The summed E-state index contributed by atoms with van der Waals surface area (Å²) in [5.41, 5.74) is 6.22. The first-order valence-corrected chi connectivity index (χ1v) is 17.2. The van der Waals surface area contributed by atoms with Crippen molar-refractivity contribution < 1.29 is 19.2 Å². The highest BCUT2D eigenvalue weighted by molar-refractivity contribution is 5.93. The predicted molar refractivity (Wildman–Crippen MR) is 189 cm³/mol. The lowest BCUT2D eigenvalue weighted by Crippen LogP contribution is -2.41. The second-order valence-electron chi connectivity index (χ2n) is 13.2. The maximum absolute atomic E-state index is 13.4. The summed E-state index contributed by atoms with van der Waals surface area (Å²) in [4.78, 5) is 64.5. The molecule has 2 atom stereocenters. The maximum Gasteiger partial charge on any atom is 0.227 e. The third-order valence-corrected chi connectivity index (χ3v) is 9.82. The standard InChI is InChI=1S/C41H40N4O4/c46-37(35-13-7-21-44(35)39(48)26-28-9-3-1-4-10-28)24-30-15-18-32(19-16-30)41-42-33-20-17-31(23-34(33)43-41)25-38(47)36-14-8-22-45(36)40(49)27-29-11-5-2-6-12-29/h1-6,9-12,15-20,23,35-36H,7-8,13-14,21-22,24-27H2,(H,42,43)/t35-,36-/m0/s1. The Hall–Kier alpha value is -5.37. The Morgan fingerprint density at radius 2 is 1.08 bits per heavy atom. The highest BCUT2D eigenvalue weighted by Crippen LogP contribution is 2.26. The lowest BCUT2D eigenvalue weighted by molar-refractivity contribution is -0.136. The average Bonchev–Trinajstić information content (AvgIpc) is 3.90. The van der Waals surface area contributed by atoms with E-state index in [1.165, 1.54) is 0 Å². The van der Waals surface area contributed by atoms with E-state index in [4.69, 9.17) is 4.98 Å². The zero-order valence-electron chi connectivity index (χ0n) is 27.5. The van der Waals surface area contributed by atoms with Gasteiger partial charge in [0.15, 0.2) is 11.6 Å². The van der Waals surface area contributed by atoms with Crippen molar-refractivity contribution in [3.63, 3.8) is 0 Å². The summed E-state index contributed by atoms with van der Waals surface area (Å²) < 4.78 is 0. The third-order valence-electron chi connectivity index (χ3n) is 9.82. The summed E-state index contributed by atoms with van der Waals surface area (Å²) in [6.07, 6.45) is 4.21. The minimum absolute atomic E-state index is 0.000502. The smallest absolute Gasteiger partial charge is 0.227 e. The molecule has 3 heterocycles. The van der Waals surface area contributed by atoms with Gasteiger partial charge in [-0.15, -0.1) is 0 Å². The van der Waals surface area contributed by atoms with Gasteiger partial charge in [0.25, 0.3) is 0 Å². The van der Waals surface area contributed by atoms with Gasteiger partial charge >= 0.3 is 0 Å². The molecule has 0 aliphatic carbocycles. The maximum atomic E-state index is 13.4. The molecule has 2 amide bonds. The summed E-state index contributed by atoms with van der Waals surface area (Å²) >= 11 is 0. The molecule has 2 aliphatic heterocycles. The van der Waals surface area contributed by atoms with Gasteiger partial charge < -0.3 is 14.8 Å². The number of hydrogen-bond donors (Lipinski definition) is 1. The highest BCUT2D eigenvalue weighted by atomic mass is 16.2. The fraction of sp³-hybridized carbons (Fsp3) is 0.293. The monoisotopic (exact) mass is 652 g/mol. The van der Waals surface area contributed by atoms with Crippen molar-refractivity contribution in [3.05, 3.63) is 125 Å². The highest BCUT2D eigenvalue weighted by Gasteiger charge is 2.34. The number of likely N-dealkylation sites (tertiary alicyclic amines) is 2. The first-order chi connectivity index (χ1) is 23.9. The molecular weight excluding hydrogens is 612 g/mol. The molecule has 0 unspecified atom stereocenters. The molecule has 0 bridgehead atoms. The molecule has 7 rings (SSSR count). The van der Waals surface area contributed by atoms with Crippen LogP contribution in [-0.2, 0) is 44.9 Å². The van der Waals surface area contributed by atoms with Gasteiger partial charge in [0.2, 0.25) is 11.8 Å². The van der Waals surface area contributed by atoms with E-state index in [0.29, 0.717) is 44.6 Å². The van der Waals surface area contributed by atoms with Crippen molar-refractivity contribution >= 4 is 34.4 Å². The quantitative estimate of drug-likeness (QED) is 0.191. The van der Waals surface area contributed by atoms with Crippen LogP contribution in [0.25, 0.3) is 22.4 Å². The zero-order chi connectivity index (χ0) is 33.7. The minimum Gasteiger partial charge on any atom is -0.338 e. The van der Waals surface area contributed by atoms with E-state index in [9.17, 15) is 19.2 Å². The van der Waals surface area contributed by atoms with E-state index >= 15 is 0 Å². The Bertz CT molecular complexity index is 1970. The van der Waals surface area contributed by atoms with Gasteiger partial charge in [-0.2, -0.15) is 0 Å². The van der Waals surface area contributed by atoms with Crippen LogP contribution in [0.4, 0.5) is 0 Å². The lowest BCUT2D eigenvalue weighted by Gasteiger charge is -2.24. The van der Waals surface area contributed by atoms with Crippen molar-refractivity contribution in [1.82, 2.24) is 19.8 Å². The summed E-state index contributed by atoms with van der Waals surface area (Å²) in [5, 5.41) is 0. The summed E-state index contributed by atoms with van der Waals surface area (Å²) in [6, 6.07) is 32.2. The van der Waals surface area contributed by atoms with Crippen LogP contribution in [0, 0.1) is 0 Å². The van der Waals surface area contributed by atoms with Crippen molar-refractivity contribution in [3.8, 4) is 11.4 Å². The molecule has 5 aromatic rings. The molecule has 8 nitrogen and oxygen atoms in total. The van der Waals surface area contributed by atoms with Gasteiger partial charge in [-0.05, 0) is 60.1 Å². The molecule has 0 spiro atoms. The Morgan fingerprint density at radius 3 is 1.63 bits per heavy atom. The number of nitrogens with zero attached hydrogens (tertiary/aromatic N) is 3. The molecule has 1 N–H and O–H groups in total. The summed E-state index contributed by atoms with van der Waals surface area (Å²) in [6.45, 7) is 1.24. The Morgan fingerprint density at radius 1 is 0.592 bits per heavy atom. The van der Waals surface area contributed by atoms with Crippen molar-refractivity contribution in [2.45, 2.75) is 63.5 Å². The number of amides is 2. The minimum atomic E-state index is -0.388. The van der Waals surface area contributed by atoms with E-state index in [0.717, 1.165) is 51.7 Å². The second kappa shape index (κ2) is 14.4. The molecule has 0 radical (unpaired) electrons. The van der Waals surface area contributed by atoms with Gasteiger partial charge in [0.05, 0.1) is 36.0 Å². The molecular formula is C41H40N4O4. The number of rotatable bonds is 11. The molecule has 248 valence electrons. The molecule has 2 fully saturated rings. The zero-order valence-corrected chi connectivity index (χ0v) is 27.5. The molecule has 2 aliphatic rings. The number of benzene rings is 4. The number of fused-ring (bicyclic) bond motifs is 1. The molecule has 8 heteroatoms. The number of ketones is 2. The second-order valence-corrected chi connectivity index (χ2v) is 13.2. The van der Waals surface area contributed by atoms with Crippen molar-refractivity contribution in [1.29, 1.82) is 0 Å². The van der Waals surface area contributed by atoms with Crippen molar-refractivity contribution in [2.24, 2.45) is 0 Å². The number of aromatic amines is 1. The van der Waals surface area contributed by atoms with Crippen LogP contribution in [0.2, 0.25) is 0 Å². The summed E-state index contributed by atoms with van der Waals surface area (Å²) in [5.74, 6) is 0.839. The SMILES string of the molecule is O=C(Cc1ccc(-c2nc3ccc(CC(=O)[C@@H]4CCCN4C(=O)Cc4ccccc4)cc3[nH]2)cc1)[C@@H]1CCCN1C(=O)Cc1ccccc1. The number of nitrogens with one attached hydrogen (secondary N) is 1. The topological polar surface area (TPSA) is 103 Å². The lowest BCUT2D eigenvalue weighted by atomic mass is 10.0. The van der Waals surface area contributed by atoms with E-state index in [-0.39, 0.29) is 48.3 Å². The molecule has 4 aromatic carbocycles. The normalized spacial score (nSPS) is 17.5. The molecule has 2 saturated heterocycles. The average molecular weight is 653 g/mol. The number of carbonyl (C=O) groups excluding carboxylic acids is 4. The number of Topliss-reactive ketones (excluding diaryl/α,β-unsaturated/α-hetero) is 2. The van der Waals surface area contributed by atoms with Crippen LogP contribution in [0.5, 0.6) is 0 Å². The van der Waals surface area contributed by atoms with E-state index < -0.39 is 0 Å². The largest absolute Gasteiger partial charge is 0.338 e. The van der Waals surface area contributed by atoms with Crippen molar-refractivity contribution in [2.75, 3.05) is 13.1 Å². The Kier molecular flexibility index (Phi) is 9.46. The first kappa shape index (κ1) is 32.2. The van der Waals surface area contributed by atoms with Gasteiger partial charge in [-0.25, -0.2) is 4.98 Å². The molecule has 49 heavy (non-hydrogen) atoms. The van der Waals surface area contributed by atoms with Gasteiger partial charge in [0, 0.05) is 31.5 Å². The fourth-order valence-corrected chi connectivity index (χ4v) is 7.27. The van der Waals surface area contributed by atoms with Gasteiger partial charge in [-0.1, -0.05) is 91.0 Å². The van der Waals surface area contributed by atoms with Crippen LogP contribution >= 0.6 is 0 Å². The van der Waals surface area contributed by atoms with Gasteiger partial charge in [-0.3, -0.25) is 19.2 Å². The third kappa shape index (κ3) is 7.38. The van der Waals surface area contributed by atoms with Crippen LogP contribution in [0.3, 0.4) is 0 Å². The number of hydrogen-bond acceptors (Lipinski definition) is 5. The van der Waals surface area contributed by atoms with Crippen LogP contribution in [0.15, 0.2) is 103 Å². The fourth-order valence-electron chi connectivity index (χ4n) is 7.27. The van der Waals surface area contributed by atoms with E-state index in [1.54, 1.807) is 9.80 Å². The first-order valence-electron chi connectivity index (χ1n) is 17.2. The van der Waals surface area contributed by atoms with E-state index in [2.05, 4.69) is 4.98 Å². The van der Waals surface area contributed by atoms with Gasteiger partial charge in [0.1, 0.15) is 5.82 Å². The number of H-pyrrole nitrogens is 1. The predicted octanol–water partition coefficient (Wildman–Crippen LogP) is 5.92. The van der Waals surface area contributed by atoms with Crippen LogP contribution in [0.1, 0.15) is 47.9 Å².